The van der Waals surface area contributed by atoms with Gasteiger partial charge in [-0.25, -0.2) is 4.98 Å². The Bertz CT molecular complexity index is 1100. The normalized spacial score (nSPS) is 13.8. The van der Waals surface area contributed by atoms with Crippen molar-refractivity contribution >= 4 is 45.0 Å². The number of hydrogen-bond donors (Lipinski definition) is 0. The number of carbonyl (C=O) groups excluding carboxylic acids is 1. The summed E-state index contributed by atoms with van der Waals surface area (Å²) in [6, 6.07) is 9.10. The van der Waals surface area contributed by atoms with Crippen molar-refractivity contribution in [3.05, 3.63) is 35.9 Å². The number of fused-ring (bicyclic) bond motifs is 3. The molecule has 0 N–H and O–H groups in total. The van der Waals surface area contributed by atoms with Crippen molar-refractivity contribution in [2.24, 2.45) is 0 Å². The van der Waals surface area contributed by atoms with Crippen molar-refractivity contribution in [2.75, 3.05) is 52.1 Å². The highest BCUT2D eigenvalue weighted by molar-refractivity contribution is 7.22. The Morgan fingerprint density at radius 1 is 0.969 bits per heavy atom. The summed E-state index contributed by atoms with van der Waals surface area (Å²) in [7, 11) is 4.04. The highest BCUT2D eigenvalue weighted by atomic mass is 35.5. The highest BCUT2D eigenvalue weighted by Gasteiger charge is 2.24. The third-order valence-electron chi connectivity index (χ3n) is 5.12. The number of rotatable bonds is 6. The number of benzene rings is 2. The number of amides is 1. The molecule has 2 aromatic carbocycles. The molecule has 0 unspecified atom stereocenters. The summed E-state index contributed by atoms with van der Waals surface area (Å²) in [4.78, 5) is 22.1. The third-order valence-corrected chi connectivity index (χ3v) is 6.16. The Balaban J connectivity index is 0.00000245. The standard InChI is InChI=1S/C22H23N3O5S.ClH/c1-24(2)6-3-7-25(21(26)14-4-5-16-17(10-14)28-9-8-27-16)22-23-15-11-18-19(30-13-29-18)12-20(15)31-22;/h4-5,10-12H,3,6-9,13H2,1-2H3;1H. The third kappa shape index (κ3) is 4.41. The lowest BCUT2D eigenvalue weighted by Crippen LogP contribution is -2.33. The predicted octanol–water partition coefficient (Wildman–Crippen LogP) is 3.82. The van der Waals surface area contributed by atoms with Crippen molar-refractivity contribution in [3.8, 4) is 23.0 Å². The maximum absolute atomic E-state index is 13.5. The van der Waals surface area contributed by atoms with Gasteiger partial charge in [-0.2, -0.15) is 0 Å². The molecule has 0 aliphatic carbocycles. The number of thiazole rings is 1. The van der Waals surface area contributed by atoms with Gasteiger partial charge in [-0.1, -0.05) is 11.3 Å². The average molecular weight is 478 g/mol. The Morgan fingerprint density at radius 2 is 1.69 bits per heavy atom. The van der Waals surface area contributed by atoms with Crippen molar-refractivity contribution in [1.82, 2.24) is 9.88 Å². The van der Waals surface area contributed by atoms with Crippen LogP contribution >= 0.6 is 23.7 Å². The van der Waals surface area contributed by atoms with Crippen LogP contribution in [0.25, 0.3) is 10.2 Å². The van der Waals surface area contributed by atoms with Crippen LogP contribution in [-0.2, 0) is 0 Å². The van der Waals surface area contributed by atoms with Gasteiger partial charge in [0, 0.05) is 24.2 Å². The molecule has 0 saturated carbocycles. The van der Waals surface area contributed by atoms with Crippen LogP contribution in [0.4, 0.5) is 5.13 Å². The molecule has 3 heterocycles. The van der Waals surface area contributed by atoms with E-state index >= 15 is 0 Å². The summed E-state index contributed by atoms with van der Waals surface area (Å²) in [5.74, 6) is 2.54. The van der Waals surface area contributed by atoms with E-state index in [0.717, 1.165) is 23.2 Å². The zero-order valence-electron chi connectivity index (χ0n) is 17.8. The second-order valence-electron chi connectivity index (χ2n) is 7.64. The topological polar surface area (TPSA) is 73.4 Å². The zero-order valence-corrected chi connectivity index (χ0v) is 19.5. The minimum Gasteiger partial charge on any atom is -0.486 e. The molecular weight excluding hydrogens is 454 g/mol. The number of carbonyl (C=O) groups is 1. The summed E-state index contributed by atoms with van der Waals surface area (Å²) in [5.41, 5.74) is 1.33. The van der Waals surface area contributed by atoms with Crippen molar-refractivity contribution < 1.29 is 23.7 Å². The molecule has 32 heavy (non-hydrogen) atoms. The summed E-state index contributed by atoms with van der Waals surface area (Å²) >= 11 is 1.47. The molecule has 0 saturated heterocycles. The van der Waals surface area contributed by atoms with Gasteiger partial charge in [-0.15, -0.1) is 12.4 Å². The first-order valence-electron chi connectivity index (χ1n) is 10.1. The largest absolute Gasteiger partial charge is 0.486 e. The van der Waals surface area contributed by atoms with Gasteiger partial charge in [0.15, 0.2) is 28.1 Å². The lowest BCUT2D eigenvalue weighted by molar-refractivity contribution is 0.0984. The summed E-state index contributed by atoms with van der Waals surface area (Å²) in [6.45, 7) is 2.63. The first kappa shape index (κ1) is 22.4. The number of ether oxygens (including phenoxy) is 4. The minimum absolute atomic E-state index is 0. The van der Waals surface area contributed by atoms with Gasteiger partial charge in [0.1, 0.15) is 13.2 Å². The van der Waals surface area contributed by atoms with E-state index in [0.29, 0.717) is 53.5 Å². The van der Waals surface area contributed by atoms with E-state index in [-0.39, 0.29) is 25.1 Å². The number of nitrogens with zero attached hydrogens (tertiary/aromatic N) is 3. The van der Waals surface area contributed by atoms with E-state index in [1.165, 1.54) is 11.3 Å². The summed E-state index contributed by atoms with van der Waals surface area (Å²) < 4.78 is 23.1. The molecule has 0 bridgehead atoms. The molecule has 2 aliphatic heterocycles. The Kier molecular flexibility index (Phi) is 6.59. The van der Waals surface area contributed by atoms with E-state index in [1.54, 1.807) is 23.1 Å². The fourth-order valence-corrected chi connectivity index (χ4v) is 4.58. The molecule has 170 valence electrons. The summed E-state index contributed by atoms with van der Waals surface area (Å²) in [6.07, 6.45) is 0.821. The van der Waals surface area contributed by atoms with Crippen LogP contribution in [0.3, 0.4) is 0 Å². The highest BCUT2D eigenvalue weighted by Crippen LogP contribution is 2.40. The second kappa shape index (κ2) is 9.40. The molecule has 2 aliphatic rings. The lowest BCUT2D eigenvalue weighted by Gasteiger charge is -2.23. The van der Waals surface area contributed by atoms with E-state index in [1.807, 2.05) is 26.2 Å². The summed E-state index contributed by atoms with van der Waals surface area (Å²) in [5, 5.41) is 0.650. The SMILES string of the molecule is CN(C)CCCN(C(=O)c1ccc2c(c1)OCCO2)c1nc2cc3c(cc2s1)OCO3.Cl. The van der Waals surface area contributed by atoms with Gasteiger partial charge < -0.3 is 23.8 Å². The predicted molar refractivity (Wildman–Crippen MR) is 125 cm³/mol. The van der Waals surface area contributed by atoms with Gasteiger partial charge in [0.25, 0.3) is 5.91 Å². The molecule has 10 heteroatoms. The number of aromatic nitrogens is 1. The van der Waals surface area contributed by atoms with Gasteiger partial charge in [-0.05, 0) is 45.3 Å². The lowest BCUT2D eigenvalue weighted by atomic mass is 10.1. The maximum Gasteiger partial charge on any atom is 0.260 e. The van der Waals surface area contributed by atoms with Gasteiger partial charge in [0.05, 0.1) is 10.2 Å². The molecular formula is C22H24ClN3O5S. The van der Waals surface area contributed by atoms with Crippen LogP contribution in [0.15, 0.2) is 30.3 Å². The Morgan fingerprint density at radius 3 is 2.47 bits per heavy atom. The van der Waals surface area contributed by atoms with Crippen LogP contribution in [0.2, 0.25) is 0 Å². The van der Waals surface area contributed by atoms with E-state index < -0.39 is 0 Å². The van der Waals surface area contributed by atoms with Crippen molar-refractivity contribution in [1.29, 1.82) is 0 Å². The van der Waals surface area contributed by atoms with Gasteiger partial charge in [-0.3, -0.25) is 9.69 Å². The molecule has 5 rings (SSSR count). The van der Waals surface area contributed by atoms with Crippen LogP contribution in [0, 0.1) is 0 Å². The Labute approximate surface area is 196 Å². The van der Waals surface area contributed by atoms with Crippen LogP contribution < -0.4 is 23.8 Å². The Hall–Kier alpha value is -2.75. The van der Waals surface area contributed by atoms with E-state index in [2.05, 4.69) is 4.90 Å². The van der Waals surface area contributed by atoms with Gasteiger partial charge >= 0.3 is 0 Å². The molecule has 8 nitrogen and oxygen atoms in total. The number of anilines is 1. The monoisotopic (exact) mass is 477 g/mol. The quantitative estimate of drug-likeness (QED) is 0.534. The zero-order chi connectivity index (χ0) is 21.4. The second-order valence-corrected chi connectivity index (χ2v) is 8.65. The smallest absolute Gasteiger partial charge is 0.260 e. The van der Waals surface area contributed by atoms with E-state index in [4.69, 9.17) is 23.9 Å². The van der Waals surface area contributed by atoms with Crippen molar-refractivity contribution in [2.45, 2.75) is 6.42 Å². The molecule has 0 fully saturated rings. The van der Waals surface area contributed by atoms with Crippen LogP contribution in [0.5, 0.6) is 23.0 Å². The maximum atomic E-state index is 13.5. The fraction of sp³-hybridized carbons (Fsp3) is 0.364. The number of hydrogen-bond acceptors (Lipinski definition) is 8. The first-order valence-corrected chi connectivity index (χ1v) is 11.0. The molecule has 0 spiro atoms. The molecule has 0 atom stereocenters. The van der Waals surface area contributed by atoms with Gasteiger partial charge in [0.2, 0.25) is 6.79 Å². The minimum atomic E-state index is -0.116. The van der Waals surface area contributed by atoms with Crippen LogP contribution in [0.1, 0.15) is 16.8 Å². The molecule has 1 amide bonds. The fourth-order valence-electron chi connectivity index (χ4n) is 3.58. The molecule has 0 radical (unpaired) electrons. The first-order chi connectivity index (χ1) is 15.1. The molecule has 3 aromatic rings. The number of halogens is 1. The molecule has 1 aromatic heterocycles. The average Bonchev–Trinajstić information content (AvgIpc) is 3.39. The van der Waals surface area contributed by atoms with E-state index in [9.17, 15) is 4.79 Å². The van der Waals surface area contributed by atoms with Crippen molar-refractivity contribution in [3.63, 3.8) is 0 Å². The van der Waals surface area contributed by atoms with Crippen LogP contribution in [-0.4, -0.2) is 63.0 Å².